The summed E-state index contributed by atoms with van der Waals surface area (Å²) >= 11 is 0. The zero-order chi connectivity index (χ0) is 16.9. The Morgan fingerprint density at radius 1 is 1.04 bits per heavy atom. The lowest BCUT2D eigenvalue weighted by molar-refractivity contribution is 0.102. The van der Waals surface area contributed by atoms with Gasteiger partial charge in [0.25, 0.3) is 5.91 Å². The minimum atomic E-state index is -0.131. The van der Waals surface area contributed by atoms with Gasteiger partial charge in [0.15, 0.2) is 0 Å². The summed E-state index contributed by atoms with van der Waals surface area (Å²) in [6, 6.07) is 11.6. The van der Waals surface area contributed by atoms with Crippen LogP contribution in [0, 0.1) is 6.92 Å². The fourth-order valence-corrected chi connectivity index (χ4v) is 2.82. The molecule has 5 nitrogen and oxygen atoms in total. The molecule has 1 saturated heterocycles. The number of nitrogens with one attached hydrogen (secondary N) is 1. The molecule has 0 aliphatic carbocycles. The first-order chi connectivity index (χ1) is 11.6. The van der Waals surface area contributed by atoms with Crippen LogP contribution in [0.2, 0.25) is 0 Å². The van der Waals surface area contributed by atoms with Gasteiger partial charge < -0.3 is 15.1 Å². The molecule has 0 saturated carbocycles. The second-order valence-corrected chi connectivity index (χ2v) is 6.37. The van der Waals surface area contributed by atoms with E-state index in [-0.39, 0.29) is 5.91 Å². The van der Waals surface area contributed by atoms with E-state index in [2.05, 4.69) is 27.1 Å². The lowest BCUT2D eigenvalue weighted by atomic mass is 10.2. The van der Waals surface area contributed by atoms with Crippen LogP contribution in [0.5, 0.6) is 0 Å². The quantitative estimate of drug-likeness (QED) is 0.943. The molecule has 0 spiro atoms. The van der Waals surface area contributed by atoms with Crippen molar-refractivity contribution < 1.29 is 4.79 Å². The fourth-order valence-electron chi connectivity index (χ4n) is 2.82. The average Bonchev–Trinajstić information content (AvgIpc) is 2.82. The Bertz CT molecular complexity index is 682. The number of anilines is 2. The SMILES string of the molecule is Cc1ccc(NC(=O)c2ccc(N3CCCN(C)CC3)nc2)cc1. The molecule has 1 aromatic heterocycles. The number of likely N-dealkylation sites (N-methyl/N-ethyl adjacent to an activating group) is 1. The second kappa shape index (κ2) is 7.45. The van der Waals surface area contributed by atoms with Crippen LogP contribution in [-0.4, -0.2) is 49.0 Å². The molecule has 126 valence electrons. The van der Waals surface area contributed by atoms with Gasteiger partial charge >= 0.3 is 0 Å². The maximum absolute atomic E-state index is 12.3. The van der Waals surface area contributed by atoms with Gasteiger partial charge in [-0.25, -0.2) is 4.98 Å². The van der Waals surface area contributed by atoms with E-state index in [0.29, 0.717) is 5.56 Å². The Morgan fingerprint density at radius 2 is 1.83 bits per heavy atom. The van der Waals surface area contributed by atoms with Crippen LogP contribution < -0.4 is 10.2 Å². The Morgan fingerprint density at radius 3 is 2.54 bits per heavy atom. The van der Waals surface area contributed by atoms with Crippen molar-refractivity contribution in [3.63, 3.8) is 0 Å². The Kier molecular flexibility index (Phi) is 5.11. The van der Waals surface area contributed by atoms with E-state index in [1.54, 1.807) is 6.20 Å². The standard InChI is InChI=1S/C19H24N4O/c1-15-4-7-17(8-5-15)21-19(24)16-6-9-18(20-14-16)23-11-3-10-22(2)12-13-23/h4-9,14H,3,10-13H2,1-2H3,(H,21,24). The van der Waals surface area contributed by atoms with Crippen molar-refractivity contribution in [3.05, 3.63) is 53.7 Å². The van der Waals surface area contributed by atoms with Gasteiger partial charge in [0.05, 0.1) is 5.56 Å². The molecule has 2 heterocycles. The topological polar surface area (TPSA) is 48.5 Å². The maximum Gasteiger partial charge on any atom is 0.257 e. The molecule has 1 N–H and O–H groups in total. The molecule has 24 heavy (non-hydrogen) atoms. The van der Waals surface area contributed by atoms with Gasteiger partial charge in [0.2, 0.25) is 0 Å². The van der Waals surface area contributed by atoms with E-state index in [9.17, 15) is 4.79 Å². The summed E-state index contributed by atoms with van der Waals surface area (Å²) in [5.41, 5.74) is 2.54. The van der Waals surface area contributed by atoms with Gasteiger partial charge in [-0.2, -0.15) is 0 Å². The van der Waals surface area contributed by atoms with Crippen molar-refractivity contribution in [2.45, 2.75) is 13.3 Å². The third-order valence-corrected chi connectivity index (χ3v) is 4.36. The van der Waals surface area contributed by atoms with Crippen LogP contribution in [0.3, 0.4) is 0 Å². The monoisotopic (exact) mass is 324 g/mol. The van der Waals surface area contributed by atoms with Crippen molar-refractivity contribution in [3.8, 4) is 0 Å². The molecule has 0 atom stereocenters. The van der Waals surface area contributed by atoms with Gasteiger partial charge in [-0.3, -0.25) is 4.79 Å². The molecule has 0 unspecified atom stereocenters. The number of benzene rings is 1. The molecule has 5 heteroatoms. The van der Waals surface area contributed by atoms with Crippen LogP contribution >= 0.6 is 0 Å². The highest BCUT2D eigenvalue weighted by atomic mass is 16.1. The van der Waals surface area contributed by atoms with Crippen molar-refractivity contribution in [2.75, 3.05) is 43.4 Å². The summed E-state index contributed by atoms with van der Waals surface area (Å²) in [5.74, 6) is 0.811. The van der Waals surface area contributed by atoms with Crippen molar-refractivity contribution in [2.24, 2.45) is 0 Å². The highest BCUT2D eigenvalue weighted by molar-refractivity contribution is 6.04. The number of hydrogen-bond donors (Lipinski definition) is 1. The lowest BCUT2D eigenvalue weighted by Crippen LogP contribution is -2.29. The number of pyridine rings is 1. The third kappa shape index (κ3) is 4.11. The van der Waals surface area contributed by atoms with Gasteiger partial charge in [-0.1, -0.05) is 17.7 Å². The van der Waals surface area contributed by atoms with Gasteiger partial charge in [0.1, 0.15) is 5.82 Å². The number of rotatable bonds is 3. The minimum absolute atomic E-state index is 0.131. The van der Waals surface area contributed by atoms with E-state index in [4.69, 9.17) is 0 Å². The Hall–Kier alpha value is -2.40. The summed E-state index contributed by atoms with van der Waals surface area (Å²) < 4.78 is 0. The summed E-state index contributed by atoms with van der Waals surface area (Å²) in [4.78, 5) is 21.4. The zero-order valence-electron chi connectivity index (χ0n) is 14.3. The first kappa shape index (κ1) is 16.5. The van der Waals surface area contributed by atoms with Crippen molar-refractivity contribution >= 4 is 17.4 Å². The van der Waals surface area contributed by atoms with Crippen LogP contribution in [0.15, 0.2) is 42.6 Å². The molecule has 2 aromatic rings. The molecule has 3 rings (SSSR count). The number of aryl methyl sites for hydroxylation is 1. The summed E-state index contributed by atoms with van der Waals surface area (Å²) in [7, 11) is 2.15. The summed E-state index contributed by atoms with van der Waals surface area (Å²) in [6.45, 7) is 6.16. The van der Waals surface area contributed by atoms with E-state index < -0.39 is 0 Å². The molecule has 1 fully saturated rings. The number of carbonyl (C=O) groups excluding carboxylic acids is 1. The number of nitrogens with zero attached hydrogens (tertiary/aromatic N) is 3. The highest BCUT2D eigenvalue weighted by Crippen LogP contribution is 2.15. The first-order valence-electron chi connectivity index (χ1n) is 8.39. The first-order valence-corrected chi connectivity index (χ1v) is 8.39. The fraction of sp³-hybridized carbons (Fsp3) is 0.368. The lowest BCUT2D eigenvalue weighted by Gasteiger charge is -2.21. The molecule has 1 aliphatic heterocycles. The third-order valence-electron chi connectivity index (χ3n) is 4.36. The molecular formula is C19H24N4O. The normalized spacial score (nSPS) is 15.8. The van der Waals surface area contributed by atoms with Crippen molar-refractivity contribution in [1.82, 2.24) is 9.88 Å². The molecule has 1 aliphatic rings. The van der Waals surface area contributed by atoms with Gasteiger partial charge in [-0.05, 0) is 51.2 Å². The predicted molar refractivity (Wildman–Crippen MR) is 97.7 cm³/mol. The predicted octanol–water partition coefficient (Wildman–Crippen LogP) is 2.78. The highest BCUT2D eigenvalue weighted by Gasteiger charge is 2.14. The second-order valence-electron chi connectivity index (χ2n) is 6.37. The number of hydrogen-bond acceptors (Lipinski definition) is 4. The average molecular weight is 324 g/mol. The smallest absolute Gasteiger partial charge is 0.257 e. The van der Waals surface area contributed by atoms with Crippen molar-refractivity contribution in [1.29, 1.82) is 0 Å². The zero-order valence-corrected chi connectivity index (χ0v) is 14.3. The van der Waals surface area contributed by atoms with Crippen LogP contribution in [-0.2, 0) is 0 Å². The summed E-state index contributed by atoms with van der Waals surface area (Å²) in [5, 5.41) is 2.90. The number of aromatic nitrogens is 1. The van der Waals surface area contributed by atoms with Gasteiger partial charge in [-0.15, -0.1) is 0 Å². The Balaban J connectivity index is 1.65. The van der Waals surface area contributed by atoms with Crippen LogP contribution in [0.1, 0.15) is 22.3 Å². The maximum atomic E-state index is 12.3. The minimum Gasteiger partial charge on any atom is -0.355 e. The molecular weight excluding hydrogens is 300 g/mol. The largest absolute Gasteiger partial charge is 0.355 e. The van der Waals surface area contributed by atoms with E-state index in [0.717, 1.165) is 44.1 Å². The number of amides is 1. The van der Waals surface area contributed by atoms with Crippen LogP contribution in [0.25, 0.3) is 0 Å². The molecule has 1 aromatic carbocycles. The molecule has 0 bridgehead atoms. The number of carbonyl (C=O) groups is 1. The molecule has 1 amide bonds. The Labute approximate surface area is 143 Å². The summed E-state index contributed by atoms with van der Waals surface area (Å²) in [6.07, 6.45) is 2.79. The van der Waals surface area contributed by atoms with Gasteiger partial charge in [0, 0.05) is 31.5 Å². The molecule has 0 radical (unpaired) electrons. The van der Waals surface area contributed by atoms with E-state index in [1.165, 1.54) is 5.56 Å². The van der Waals surface area contributed by atoms with E-state index >= 15 is 0 Å². The van der Waals surface area contributed by atoms with E-state index in [1.807, 2.05) is 43.3 Å². The van der Waals surface area contributed by atoms with Crippen LogP contribution in [0.4, 0.5) is 11.5 Å².